The van der Waals surface area contributed by atoms with Crippen molar-refractivity contribution in [3.63, 3.8) is 0 Å². The first kappa shape index (κ1) is 16.0. The predicted octanol–water partition coefficient (Wildman–Crippen LogP) is 3.09. The van der Waals surface area contributed by atoms with Crippen LogP contribution in [0.25, 0.3) is 0 Å². The van der Waals surface area contributed by atoms with Gasteiger partial charge in [-0.15, -0.1) is 0 Å². The molecule has 0 saturated heterocycles. The monoisotopic (exact) mass is 346 g/mol. The van der Waals surface area contributed by atoms with Crippen LogP contribution in [0, 0.1) is 16.0 Å². The van der Waals surface area contributed by atoms with Gasteiger partial charge in [0.15, 0.2) is 0 Å². The van der Waals surface area contributed by atoms with E-state index in [1.165, 1.54) is 12.1 Å². The van der Waals surface area contributed by atoms with E-state index in [0.717, 1.165) is 5.75 Å². The number of amides is 1. The second-order valence-corrected chi connectivity index (χ2v) is 5.96. The highest BCUT2D eigenvalue weighted by molar-refractivity contribution is 9.10. The molecule has 1 rings (SSSR count). The summed E-state index contributed by atoms with van der Waals surface area (Å²) in [6, 6.07) is 4.35. The van der Waals surface area contributed by atoms with Crippen molar-refractivity contribution >= 4 is 39.3 Å². The average Bonchev–Trinajstić information content (AvgIpc) is 2.36. The van der Waals surface area contributed by atoms with E-state index >= 15 is 0 Å². The lowest BCUT2D eigenvalue weighted by molar-refractivity contribution is -0.385. The van der Waals surface area contributed by atoms with Crippen LogP contribution in [0.2, 0.25) is 0 Å². The van der Waals surface area contributed by atoms with Crippen molar-refractivity contribution in [3.05, 3.63) is 38.3 Å². The number of halogens is 1. The zero-order valence-corrected chi connectivity index (χ0v) is 13.1. The van der Waals surface area contributed by atoms with E-state index in [1.807, 2.05) is 13.2 Å². The number of hydrogen-bond acceptors (Lipinski definition) is 4. The Bertz CT molecular complexity index is 482. The zero-order chi connectivity index (χ0) is 14.4. The lowest BCUT2D eigenvalue weighted by Gasteiger charge is -2.11. The summed E-state index contributed by atoms with van der Waals surface area (Å²) in [5.74, 6) is 1.04. The molecule has 0 aliphatic heterocycles. The zero-order valence-electron chi connectivity index (χ0n) is 10.7. The Morgan fingerprint density at radius 2 is 2.26 bits per heavy atom. The molecule has 0 fully saturated rings. The molecule has 7 heteroatoms. The first-order valence-electron chi connectivity index (χ1n) is 5.66. The Morgan fingerprint density at radius 3 is 2.84 bits per heavy atom. The molecule has 0 aliphatic rings. The largest absolute Gasteiger partial charge is 0.352 e. The summed E-state index contributed by atoms with van der Waals surface area (Å²) >= 11 is 4.81. The Hall–Kier alpha value is -1.08. The van der Waals surface area contributed by atoms with Crippen LogP contribution in [0.5, 0.6) is 0 Å². The highest BCUT2D eigenvalue weighted by Gasteiger charge is 2.16. The summed E-state index contributed by atoms with van der Waals surface area (Å²) in [5, 5.41) is 13.6. The maximum atomic E-state index is 11.9. The van der Waals surface area contributed by atoms with Crippen LogP contribution in [-0.4, -0.2) is 29.4 Å². The molecule has 0 bridgehead atoms. The minimum atomic E-state index is -0.517. The minimum absolute atomic E-state index is 0.107. The smallest absolute Gasteiger partial charge is 0.284 e. The third-order valence-corrected chi connectivity index (χ3v) is 4.04. The van der Waals surface area contributed by atoms with Crippen molar-refractivity contribution < 1.29 is 9.72 Å². The molecule has 0 saturated carbocycles. The Kier molecular flexibility index (Phi) is 6.30. The van der Waals surface area contributed by atoms with Gasteiger partial charge in [0, 0.05) is 18.2 Å². The van der Waals surface area contributed by atoms with Crippen molar-refractivity contribution in [2.45, 2.75) is 6.92 Å². The standard InChI is InChI=1S/C12H15BrN2O3S/c1-8(7-19-2)6-14-12(16)9-3-4-10(13)11(5-9)15(17)18/h3-5,8H,6-7H2,1-2H3,(H,14,16). The molecule has 1 aromatic carbocycles. The van der Waals surface area contributed by atoms with Crippen LogP contribution in [0.1, 0.15) is 17.3 Å². The van der Waals surface area contributed by atoms with Gasteiger partial charge in [0.1, 0.15) is 0 Å². The van der Waals surface area contributed by atoms with Crippen LogP contribution >= 0.6 is 27.7 Å². The fourth-order valence-corrected chi connectivity index (χ4v) is 2.58. The van der Waals surface area contributed by atoms with Gasteiger partial charge in [0.25, 0.3) is 11.6 Å². The van der Waals surface area contributed by atoms with E-state index < -0.39 is 4.92 Å². The normalized spacial score (nSPS) is 11.9. The van der Waals surface area contributed by atoms with Gasteiger partial charge in [-0.25, -0.2) is 0 Å². The Morgan fingerprint density at radius 1 is 1.58 bits per heavy atom. The summed E-state index contributed by atoms with van der Waals surface area (Å²) in [6.07, 6.45) is 2.01. The third-order valence-electron chi connectivity index (χ3n) is 2.47. The molecular formula is C12H15BrN2O3S. The van der Waals surface area contributed by atoms with E-state index in [-0.39, 0.29) is 11.6 Å². The second kappa shape index (κ2) is 7.49. The number of rotatable bonds is 6. The van der Waals surface area contributed by atoms with E-state index in [9.17, 15) is 14.9 Å². The number of thioether (sulfide) groups is 1. The molecule has 0 spiro atoms. The van der Waals surface area contributed by atoms with Crippen LogP contribution in [0.4, 0.5) is 5.69 Å². The number of carbonyl (C=O) groups is 1. The van der Waals surface area contributed by atoms with Crippen LogP contribution in [0.15, 0.2) is 22.7 Å². The maximum absolute atomic E-state index is 11.9. The van der Waals surface area contributed by atoms with Crippen LogP contribution in [0.3, 0.4) is 0 Å². The number of nitrogens with zero attached hydrogens (tertiary/aromatic N) is 1. The number of nitrogens with one attached hydrogen (secondary N) is 1. The van der Waals surface area contributed by atoms with E-state index in [2.05, 4.69) is 21.2 Å². The highest BCUT2D eigenvalue weighted by Crippen LogP contribution is 2.25. The predicted molar refractivity (Wildman–Crippen MR) is 80.7 cm³/mol. The second-order valence-electron chi connectivity index (χ2n) is 4.19. The highest BCUT2D eigenvalue weighted by atomic mass is 79.9. The van der Waals surface area contributed by atoms with Gasteiger partial charge in [-0.1, -0.05) is 6.92 Å². The van der Waals surface area contributed by atoms with E-state index in [4.69, 9.17) is 0 Å². The number of nitro groups is 1. The molecule has 0 aromatic heterocycles. The van der Waals surface area contributed by atoms with Gasteiger partial charge in [-0.2, -0.15) is 11.8 Å². The maximum Gasteiger partial charge on any atom is 0.284 e. The van der Waals surface area contributed by atoms with Crippen molar-refractivity contribution in [1.82, 2.24) is 5.32 Å². The van der Waals surface area contributed by atoms with Crippen molar-refractivity contribution in [2.24, 2.45) is 5.92 Å². The van der Waals surface area contributed by atoms with Gasteiger partial charge in [0.2, 0.25) is 0 Å². The Balaban J connectivity index is 2.72. The van der Waals surface area contributed by atoms with Gasteiger partial charge in [0.05, 0.1) is 9.40 Å². The quantitative estimate of drug-likeness (QED) is 0.634. The SMILES string of the molecule is CSCC(C)CNC(=O)c1ccc(Br)c([N+](=O)[O-])c1. The molecule has 1 N–H and O–H groups in total. The molecule has 0 aliphatic carbocycles. The molecule has 0 radical (unpaired) electrons. The molecule has 104 valence electrons. The average molecular weight is 347 g/mol. The summed E-state index contributed by atoms with van der Waals surface area (Å²) in [6.45, 7) is 2.60. The molecular weight excluding hydrogens is 332 g/mol. The Labute approximate surface area is 124 Å². The lowest BCUT2D eigenvalue weighted by Crippen LogP contribution is -2.29. The summed E-state index contributed by atoms with van der Waals surface area (Å²) in [4.78, 5) is 22.2. The number of nitro benzene ring substituents is 1. The van der Waals surface area contributed by atoms with Crippen molar-refractivity contribution in [3.8, 4) is 0 Å². The molecule has 19 heavy (non-hydrogen) atoms. The van der Waals surface area contributed by atoms with E-state index in [0.29, 0.717) is 22.5 Å². The molecule has 1 amide bonds. The van der Waals surface area contributed by atoms with Gasteiger partial charge in [-0.3, -0.25) is 14.9 Å². The van der Waals surface area contributed by atoms with Gasteiger partial charge < -0.3 is 5.32 Å². The van der Waals surface area contributed by atoms with Crippen LogP contribution < -0.4 is 5.32 Å². The van der Waals surface area contributed by atoms with Gasteiger partial charge >= 0.3 is 0 Å². The summed E-state index contributed by atoms with van der Waals surface area (Å²) in [5.41, 5.74) is 0.191. The van der Waals surface area contributed by atoms with E-state index in [1.54, 1.807) is 17.8 Å². The van der Waals surface area contributed by atoms with Crippen molar-refractivity contribution in [1.29, 1.82) is 0 Å². The number of hydrogen-bond donors (Lipinski definition) is 1. The first-order valence-corrected chi connectivity index (χ1v) is 7.85. The summed E-state index contributed by atoms with van der Waals surface area (Å²) < 4.78 is 0.366. The third kappa shape index (κ3) is 4.83. The van der Waals surface area contributed by atoms with Gasteiger partial charge in [-0.05, 0) is 46.0 Å². The number of carbonyl (C=O) groups excluding carboxylic acids is 1. The first-order chi connectivity index (χ1) is 8.95. The lowest BCUT2D eigenvalue weighted by atomic mass is 10.1. The fraction of sp³-hybridized carbons (Fsp3) is 0.417. The van der Waals surface area contributed by atoms with Crippen molar-refractivity contribution in [2.75, 3.05) is 18.6 Å². The topological polar surface area (TPSA) is 72.2 Å². The number of benzene rings is 1. The summed E-state index contributed by atoms with van der Waals surface area (Å²) in [7, 11) is 0. The molecule has 1 aromatic rings. The minimum Gasteiger partial charge on any atom is -0.352 e. The molecule has 0 heterocycles. The molecule has 5 nitrogen and oxygen atoms in total. The molecule has 1 atom stereocenters. The van der Waals surface area contributed by atoms with Crippen LogP contribution in [-0.2, 0) is 0 Å². The molecule has 1 unspecified atom stereocenters. The fourth-order valence-electron chi connectivity index (χ4n) is 1.51.